The lowest BCUT2D eigenvalue weighted by atomic mass is 9.84. The van der Waals surface area contributed by atoms with E-state index in [1.54, 1.807) is 0 Å². The highest BCUT2D eigenvalue weighted by molar-refractivity contribution is 5.79. The third-order valence-electron chi connectivity index (χ3n) is 4.28. The van der Waals surface area contributed by atoms with Gasteiger partial charge in [0, 0.05) is 37.4 Å². The number of carbonyl (C=O) groups excluding carboxylic acids is 1. The summed E-state index contributed by atoms with van der Waals surface area (Å²) in [6, 6.07) is 4.74. The van der Waals surface area contributed by atoms with Gasteiger partial charge in [-0.2, -0.15) is 0 Å². The van der Waals surface area contributed by atoms with Crippen LogP contribution in [0.2, 0.25) is 0 Å². The minimum absolute atomic E-state index is 0.359. The minimum atomic E-state index is 0.359. The Labute approximate surface area is 102 Å². The molecule has 0 atom stereocenters. The highest BCUT2D eigenvalue weighted by atomic mass is 16.2. The number of rotatable bonds is 2. The second-order valence-electron chi connectivity index (χ2n) is 5.31. The second-order valence-corrected chi connectivity index (χ2v) is 5.31. The van der Waals surface area contributed by atoms with Gasteiger partial charge in [-0.3, -0.25) is 4.79 Å². The van der Waals surface area contributed by atoms with E-state index < -0.39 is 0 Å². The summed E-state index contributed by atoms with van der Waals surface area (Å²) < 4.78 is 2.28. The Kier molecular flexibility index (Phi) is 2.91. The van der Waals surface area contributed by atoms with Crippen LogP contribution in [0, 0.1) is 5.92 Å². The average molecular weight is 232 g/mol. The van der Waals surface area contributed by atoms with Crippen LogP contribution in [0.4, 0.5) is 0 Å². The van der Waals surface area contributed by atoms with E-state index >= 15 is 0 Å². The van der Waals surface area contributed by atoms with E-state index in [4.69, 9.17) is 0 Å². The molecule has 1 aliphatic carbocycles. The quantitative estimate of drug-likeness (QED) is 0.769. The van der Waals surface area contributed by atoms with Crippen molar-refractivity contribution in [1.82, 2.24) is 9.47 Å². The van der Waals surface area contributed by atoms with Gasteiger partial charge >= 0.3 is 0 Å². The topological polar surface area (TPSA) is 25.2 Å². The zero-order valence-electron chi connectivity index (χ0n) is 10.2. The van der Waals surface area contributed by atoms with Crippen LogP contribution in [0.25, 0.3) is 0 Å². The predicted molar refractivity (Wildman–Crippen MR) is 66.6 cm³/mol. The first-order valence-electron chi connectivity index (χ1n) is 6.76. The van der Waals surface area contributed by atoms with E-state index in [2.05, 4.69) is 34.0 Å². The van der Waals surface area contributed by atoms with Crippen molar-refractivity contribution in [2.24, 2.45) is 5.92 Å². The molecule has 3 nitrogen and oxygen atoms in total. The molecular formula is C14H20N2O. The van der Waals surface area contributed by atoms with Gasteiger partial charge in [-0.25, -0.2) is 0 Å². The van der Waals surface area contributed by atoms with Gasteiger partial charge in [0.1, 0.15) is 0 Å². The van der Waals surface area contributed by atoms with Crippen molar-refractivity contribution in [3.05, 3.63) is 24.5 Å². The SMILES string of the molecule is O=C(C1CCC1)N1CCC(n2cccc2)CC1. The Hall–Kier alpha value is -1.25. The molecule has 0 spiro atoms. The largest absolute Gasteiger partial charge is 0.351 e. The van der Waals surface area contributed by atoms with Gasteiger partial charge < -0.3 is 9.47 Å². The van der Waals surface area contributed by atoms with Crippen LogP contribution in [0.1, 0.15) is 38.1 Å². The molecule has 1 saturated carbocycles. The van der Waals surface area contributed by atoms with Crippen molar-refractivity contribution >= 4 is 5.91 Å². The molecule has 1 aromatic heterocycles. The van der Waals surface area contributed by atoms with Gasteiger partial charge in [-0.1, -0.05) is 6.42 Å². The van der Waals surface area contributed by atoms with E-state index in [-0.39, 0.29) is 0 Å². The molecule has 0 aromatic carbocycles. The molecule has 0 N–H and O–H groups in total. The fourth-order valence-corrected chi connectivity index (χ4v) is 2.89. The number of aromatic nitrogens is 1. The van der Waals surface area contributed by atoms with Gasteiger partial charge in [0.15, 0.2) is 0 Å². The first-order chi connectivity index (χ1) is 8.34. The average Bonchev–Trinajstić information content (AvgIpc) is 2.80. The van der Waals surface area contributed by atoms with Gasteiger partial charge in [0.25, 0.3) is 0 Å². The number of piperidine rings is 1. The molecule has 92 valence electrons. The summed E-state index contributed by atoms with van der Waals surface area (Å²) in [4.78, 5) is 14.2. The summed E-state index contributed by atoms with van der Waals surface area (Å²) in [5.74, 6) is 0.778. The molecule has 3 rings (SSSR count). The summed E-state index contributed by atoms with van der Waals surface area (Å²) in [5, 5.41) is 0. The minimum Gasteiger partial charge on any atom is -0.351 e. The van der Waals surface area contributed by atoms with E-state index in [1.165, 1.54) is 6.42 Å². The Morgan fingerprint density at radius 3 is 2.18 bits per heavy atom. The number of hydrogen-bond acceptors (Lipinski definition) is 1. The standard InChI is InChI=1S/C14H20N2O/c17-14(12-4-3-5-12)16-10-6-13(7-11-16)15-8-1-2-9-15/h1-2,8-9,12-13H,3-7,10-11H2. The lowest BCUT2D eigenvalue weighted by Crippen LogP contribution is -2.43. The van der Waals surface area contributed by atoms with Crippen LogP contribution in [0.5, 0.6) is 0 Å². The maximum absolute atomic E-state index is 12.1. The summed E-state index contributed by atoms with van der Waals surface area (Å²) in [6.07, 6.45) is 9.96. The third-order valence-corrected chi connectivity index (χ3v) is 4.28. The summed E-state index contributed by atoms with van der Waals surface area (Å²) in [6.45, 7) is 1.89. The summed E-state index contributed by atoms with van der Waals surface area (Å²) >= 11 is 0. The zero-order chi connectivity index (χ0) is 11.7. The summed E-state index contributed by atoms with van der Waals surface area (Å²) in [7, 11) is 0. The lowest BCUT2D eigenvalue weighted by molar-refractivity contribution is -0.139. The molecule has 1 aromatic rings. The molecular weight excluding hydrogens is 212 g/mol. The molecule has 2 aliphatic rings. The van der Waals surface area contributed by atoms with E-state index in [1.807, 2.05) is 0 Å². The number of carbonyl (C=O) groups is 1. The molecule has 2 fully saturated rings. The van der Waals surface area contributed by atoms with Gasteiger partial charge in [0.2, 0.25) is 5.91 Å². The zero-order valence-corrected chi connectivity index (χ0v) is 10.2. The molecule has 1 aliphatic heterocycles. The highest BCUT2D eigenvalue weighted by Crippen LogP contribution is 2.30. The molecule has 0 bridgehead atoms. The summed E-state index contributed by atoms with van der Waals surface area (Å²) in [5.41, 5.74) is 0. The third kappa shape index (κ3) is 2.11. The highest BCUT2D eigenvalue weighted by Gasteiger charge is 2.31. The van der Waals surface area contributed by atoms with Crippen LogP contribution in [-0.2, 0) is 4.79 Å². The van der Waals surface area contributed by atoms with Crippen LogP contribution in [0.3, 0.4) is 0 Å². The fraction of sp³-hybridized carbons (Fsp3) is 0.643. The van der Waals surface area contributed by atoms with E-state index in [9.17, 15) is 4.79 Å². The van der Waals surface area contributed by atoms with Crippen molar-refractivity contribution in [2.75, 3.05) is 13.1 Å². The van der Waals surface area contributed by atoms with Crippen molar-refractivity contribution in [1.29, 1.82) is 0 Å². The normalized spacial score (nSPS) is 22.5. The Balaban J connectivity index is 1.55. The number of hydrogen-bond donors (Lipinski definition) is 0. The number of nitrogens with zero attached hydrogens (tertiary/aromatic N) is 2. The van der Waals surface area contributed by atoms with Gasteiger partial charge in [0.05, 0.1) is 0 Å². The van der Waals surface area contributed by atoms with Gasteiger partial charge in [-0.15, -0.1) is 0 Å². The Morgan fingerprint density at radius 1 is 1.00 bits per heavy atom. The predicted octanol–water partition coefficient (Wildman–Crippen LogP) is 2.45. The fourth-order valence-electron chi connectivity index (χ4n) is 2.89. The van der Waals surface area contributed by atoms with Crippen LogP contribution in [0.15, 0.2) is 24.5 Å². The van der Waals surface area contributed by atoms with Gasteiger partial charge in [-0.05, 0) is 37.8 Å². The second kappa shape index (κ2) is 4.55. The number of likely N-dealkylation sites (tertiary alicyclic amines) is 1. The molecule has 1 saturated heterocycles. The molecule has 2 heterocycles. The molecule has 1 amide bonds. The van der Waals surface area contributed by atoms with Crippen molar-refractivity contribution in [2.45, 2.75) is 38.1 Å². The lowest BCUT2D eigenvalue weighted by Gasteiger charge is -2.37. The molecule has 3 heteroatoms. The first kappa shape index (κ1) is 10.9. The monoisotopic (exact) mass is 232 g/mol. The first-order valence-corrected chi connectivity index (χ1v) is 6.76. The van der Waals surface area contributed by atoms with Crippen LogP contribution in [-0.4, -0.2) is 28.5 Å². The van der Waals surface area contributed by atoms with E-state index in [0.717, 1.165) is 38.8 Å². The molecule has 0 unspecified atom stereocenters. The van der Waals surface area contributed by atoms with Crippen LogP contribution >= 0.6 is 0 Å². The smallest absolute Gasteiger partial charge is 0.225 e. The Morgan fingerprint density at radius 2 is 1.65 bits per heavy atom. The number of amides is 1. The van der Waals surface area contributed by atoms with Crippen molar-refractivity contribution < 1.29 is 4.79 Å². The van der Waals surface area contributed by atoms with Crippen molar-refractivity contribution in [3.63, 3.8) is 0 Å². The molecule has 17 heavy (non-hydrogen) atoms. The maximum atomic E-state index is 12.1. The maximum Gasteiger partial charge on any atom is 0.225 e. The Bertz CT molecular complexity index is 373. The van der Waals surface area contributed by atoms with Crippen LogP contribution < -0.4 is 0 Å². The van der Waals surface area contributed by atoms with E-state index in [0.29, 0.717) is 17.9 Å². The van der Waals surface area contributed by atoms with Crippen molar-refractivity contribution in [3.8, 4) is 0 Å². The molecule has 0 radical (unpaired) electrons.